The lowest BCUT2D eigenvalue weighted by Gasteiger charge is -2.35. The highest BCUT2D eigenvalue weighted by Gasteiger charge is 2.36. The summed E-state index contributed by atoms with van der Waals surface area (Å²) in [5.74, 6) is 0. The van der Waals surface area contributed by atoms with Crippen molar-refractivity contribution in [1.82, 2.24) is 5.32 Å². The number of nitrogens with zero attached hydrogens (tertiary/aromatic N) is 1. The van der Waals surface area contributed by atoms with Gasteiger partial charge in [-0.05, 0) is 29.7 Å². The summed E-state index contributed by atoms with van der Waals surface area (Å²) < 4.78 is 45.1. The zero-order valence-corrected chi connectivity index (χ0v) is 11.1. The van der Waals surface area contributed by atoms with E-state index in [0.29, 0.717) is 25.2 Å². The van der Waals surface area contributed by atoms with Crippen molar-refractivity contribution >= 4 is 5.57 Å². The Morgan fingerprint density at radius 2 is 2.10 bits per heavy atom. The van der Waals surface area contributed by atoms with Crippen molar-refractivity contribution in [3.63, 3.8) is 0 Å². The molecule has 2 bridgehead atoms. The molecule has 1 saturated heterocycles. The largest absolute Gasteiger partial charge is 0.417 e. The third-order valence-electron chi connectivity index (χ3n) is 3.73. The molecule has 0 saturated carbocycles. The molecule has 110 valence electrons. The smallest absolute Gasteiger partial charge is 0.378 e. The lowest BCUT2D eigenvalue weighted by Crippen LogP contribution is -2.50. The molecule has 1 fully saturated rings. The SMILES string of the molecule is N#Cc1ccc(C2=CC3COCC(C2)N3)c(C(F)(F)F)c1. The van der Waals surface area contributed by atoms with Gasteiger partial charge in [0.15, 0.2) is 0 Å². The van der Waals surface area contributed by atoms with Gasteiger partial charge in [-0.15, -0.1) is 0 Å². The Hall–Kier alpha value is -1.84. The summed E-state index contributed by atoms with van der Waals surface area (Å²) in [4.78, 5) is 0. The second-order valence-corrected chi connectivity index (χ2v) is 5.27. The van der Waals surface area contributed by atoms with Gasteiger partial charge in [0.2, 0.25) is 0 Å². The Morgan fingerprint density at radius 1 is 1.29 bits per heavy atom. The van der Waals surface area contributed by atoms with Gasteiger partial charge in [-0.3, -0.25) is 0 Å². The Kier molecular flexibility index (Phi) is 3.47. The fraction of sp³-hybridized carbons (Fsp3) is 0.400. The van der Waals surface area contributed by atoms with Crippen LogP contribution < -0.4 is 5.32 Å². The fourth-order valence-electron chi connectivity index (χ4n) is 2.85. The average molecular weight is 294 g/mol. The van der Waals surface area contributed by atoms with Crippen LogP contribution in [0.4, 0.5) is 13.2 Å². The van der Waals surface area contributed by atoms with Crippen molar-refractivity contribution in [2.24, 2.45) is 0 Å². The predicted molar refractivity (Wildman–Crippen MR) is 70.3 cm³/mol. The summed E-state index contributed by atoms with van der Waals surface area (Å²) in [5.41, 5.74) is 0.113. The Balaban J connectivity index is 2.06. The number of alkyl halides is 3. The molecule has 2 atom stereocenters. The molecule has 0 spiro atoms. The van der Waals surface area contributed by atoms with Crippen LogP contribution >= 0.6 is 0 Å². The molecule has 2 aliphatic heterocycles. The molecular weight excluding hydrogens is 281 g/mol. The van der Waals surface area contributed by atoms with Crippen molar-refractivity contribution in [3.8, 4) is 6.07 Å². The van der Waals surface area contributed by atoms with E-state index in [4.69, 9.17) is 10.00 Å². The molecule has 3 nitrogen and oxygen atoms in total. The number of hydrogen-bond donors (Lipinski definition) is 1. The molecule has 2 aliphatic rings. The monoisotopic (exact) mass is 294 g/mol. The minimum absolute atomic E-state index is 0.0177. The standard InChI is InChI=1S/C15H13F3N2O/c16-15(17,18)14-3-9(6-19)1-2-13(14)10-4-11-7-21-8-12(5-10)20-11/h1-4,11-12,20H,5,7-8H2. The molecule has 1 N–H and O–H groups in total. The number of hydrogen-bond acceptors (Lipinski definition) is 3. The van der Waals surface area contributed by atoms with Crippen LogP contribution in [0, 0.1) is 11.3 Å². The second-order valence-electron chi connectivity index (χ2n) is 5.27. The lowest BCUT2D eigenvalue weighted by atomic mass is 9.88. The summed E-state index contributed by atoms with van der Waals surface area (Å²) in [7, 11) is 0. The van der Waals surface area contributed by atoms with Crippen LogP contribution in [-0.2, 0) is 10.9 Å². The maximum atomic E-state index is 13.2. The van der Waals surface area contributed by atoms with Crippen LogP contribution in [0.3, 0.4) is 0 Å². The van der Waals surface area contributed by atoms with E-state index in [1.54, 1.807) is 12.1 Å². The highest BCUT2D eigenvalue weighted by molar-refractivity contribution is 5.71. The van der Waals surface area contributed by atoms with Crippen molar-refractivity contribution < 1.29 is 17.9 Å². The molecule has 0 aliphatic carbocycles. The minimum atomic E-state index is -4.47. The first-order valence-electron chi connectivity index (χ1n) is 6.63. The maximum absolute atomic E-state index is 13.2. The van der Waals surface area contributed by atoms with Crippen LogP contribution in [-0.4, -0.2) is 25.3 Å². The molecule has 0 radical (unpaired) electrons. The van der Waals surface area contributed by atoms with Gasteiger partial charge in [-0.25, -0.2) is 0 Å². The van der Waals surface area contributed by atoms with Crippen molar-refractivity contribution in [3.05, 3.63) is 41.0 Å². The molecule has 1 aromatic rings. The first kappa shape index (κ1) is 14.1. The van der Waals surface area contributed by atoms with E-state index in [-0.39, 0.29) is 23.2 Å². The molecule has 2 heterocycles. The molecule has 1 aromatic carbocycles. The van der Waals surface area contributed by atoms with E-state index >= 15 is 0 Å². The maximum Gasteiger partial charge on any atom is 0.417 e. The van der Waals surface area contributed by atoms with E-state index in [1.807, 2.05) is 0 Å². The summed E-state index contributed by atoms with van der Waals surface area (Å²) in [5, 5.41) is 12.1. The zero-order chi connectivity index (χ0) is 15.0. The third kappa shape index (κ3) is 2.80. The van der Waals surface area contributed by atoms with Crippen LogP contribution in [0.5, 0.6) is 0 Å². The van der Waals surface area contributed by atoms with Gasteiger partial charge < -0.3 is 10.1 Å². The van der Waals surface area contributed by atoms with Crippen molar-refractivity contribution in [2.75, 3.05) is 13.2 Å². The number of benzene rings is 1. The molecule has 0 amide bonds. The van der Waals surface area contributed by atoms with Crippen LogP contribution in [0.25, 0.3) is 5.57 Å². The third-order valence-corrected chi connectivity index (χ3v) is 3.73. The highest BCUT2D eigenvalue weighted by atomic mass is 19.4. The topological polar surface area (TPSA) is 45.0 Å². The molecule has 21 heavy (non-hydrogen) atoms. The van der Waals surface area contributed by atoms with E-state index < -0.39 is 11.7 Å². The summed E-state index contributed by atoms with van der Waals surface area (Å²) in [6, 6.07) is 5.50. The van der Waals surface area contributed by atoms with Crippen molar-refractivity contribution in [1.29, 1.82) is 5.26 Å². The van der Waals surface area contributed by atoms with E-state index in [1.165, 1.54) is 12.1 Å². The molecular formula is C15H13F3N2O. The van der Waals surface area contributed by atoms with Gasteiger partial charge in [0.25, 0.3) is 0 Å². The van der Waals surface area contributed by atoms with Gasteiger partial charge in [0.1, 0.15) is 0 Å². The Bertz CT molecular complexity index is 631. The lowest BCUT2D eigenvalue weighted by molar-refractivity contribution is -0.137. The van der Waals surface area contributed by atoms with E-state index in [9.17, 15) is 13.2 Å². The first-order valence-corrected chi connectivity index (χ1v) is 6.63. The van der Waals surface area contributed by atoms with Gasteiger partial charge in [-0.1, -0.05) is 12.1 Å². The number of rotatable bonds is 1. The summed E-state index contributed by atoms with van der Waals surface area (Å²) in [6.07, 6.45) is -2.18. The number of nitriles is 1. The summed E-state index contributed by atoms with van der Waals surface area (Å²) >= 11 is 0. The Morgan fingerprint density at radius 3 is 2.76 bits per heavy atom. The van der Waals surface area contributed by atoms with Crippen molar-refractivity contribution in [2.45, 2.75) is 24.7 Å². The van der Waals surface area contributed by atoms with Gasteiger partial charge in [0, 0.05) is 12.1 Å². The fourth-order valence-corrected chi connectivity index (χ4v) is 2.85. The predicted octanol–water partition coefficient (Wildman–Crippen LogP) is 2.72. The number of nitrogens with one attached hydrogen (secondary N) is 1. The average Bonchev–Trinajstić information content (AvgIpc) is 2.45. The number of ether oxygens (including phenoxy) is 1. The Labute approximate surface area is 120 Å². The van der Waals surface area contributed by atoms with E-state index in [2.05, 4.69) is 5.32 Å². The van der Waals surface area contributed by atoms with Crippen LogP contribution in [0.15, 0.2) is 24.3 Å². The van der Waals surface area contributed by atoms with Crippen LogP contribution in [0.1, 0.15) is 23.1 Å². The van der Waals surface area contributed by atoms with E-state index in [0.717, 1.165) is 6.07 Å². The summed E-state index contributed by atoms with van der Waals surface area (Å²) in [6.45, 7) is 0.975. The quantitative estimate of drug-likeness (QED) is 0.866. The van der Waals surface area contributed by atoms with Gasteiger partial charge in [-0.2, -0.15) is 18.4 Å². The molecule has 2 unspecified atom stereocenters. The molecule has 6 heteroatoms. The molecule has 0 aromatic heterocycles. The second kappa shape index (κ2) is 5.17. The van der Waals surface area contributed by atoms with Gasteiger partial charge >= 0.3 is 6.18 Å². The zero-order valence-electron chi connectivity index (χ0n) is 11.1. The number of morpholine rings is 1. The first-order chi connectivity index (χ1) is 9.97. The normalized spacial score (nSPS) is 25.1. The molecule has 3 rings (SSSR count). The highest BCUT2D eigenvalue weighted by Crippen LogP contribution is 2.38. The minimum Gasteiger partial charge on any atom is -0.378 e. The number of halogens is 3. The van der Waals surface area contributed by atoms with Crippen LogP contribution in [0.2, 0.25) is 0 Å². The van der Waals surface area contributed by atoms with Gasteiger partial charge in [0.05, 0.1) is 30.4 Å². The number of fused-ring (bicyclic) bond motifs is 2.